The number of carbonyl (C=O) groups is 1. The molecule has 0 aliphatic rings. The van der Waals surface area contributed by atoms with Gasteiger partial charge in [0.15, 0.2) is 0 Å². The molecule has 0 saturated carbocycles. The fraction of sp³-hybridized carbons (Fsp3) is 0.941. The molecule has 0 aromatic rings. The van der Waals surface area contributed by atoms with Gasteiger partial charge in [0.1, 0.15) is 6.61 Å². The van der Waals surface area contributed by atoms with Crippen LogP contribution in [0.2, 0.25) is 0 Å². The minimum Gasteiger partial charge on any atom is -0.463 e. The van der Waals surface area contributed by atoms with E-state index in [0.29, 0.717) is 58.4 Å². The average Bonchev–Trinajstić information content (AvgIpc) is 2.58. The van der Waals surface area contributed by atoms with E-state index >= 15 is 0 Å². The van der Waals surface area contributed by atoms with Crippen LogP contribution in [0, 0.1) is 0 Å². The highest BCUT2D eigenvalue weighted by Gasteiger charge is 2.00. The molecule has 0 aliphatic carbocycles. The molecule has 6 nitrogen and oxygen atoms in total. The summed E-state index contributed by atoms with van der Waals surface area (Å²) in [6.07, 6.45) is 5.23. The molecule has 0 aromatic heterocycles. The molecule has 7 heteroatoms. The van der Waals surface area contributed by atoms with Gasteiger partial charge in [0.2, 0.25) is 0 Å². The first-order valence-electron chi connectivity index (χ1n) is 8.88. The first-order chi connectivity index (χ1) is 11.8. The molecule has 144 valence electrons. The smallest absolute Gasteiger partial charge is 0.306 e. The number of carbonyl (C=O) groups excluding carboxylic acids is 1. The second-order valence-corrected chi connectivity index (χ2v) is 5.65. The van der Waals surface area contributed by atoms with Gasteiger partial charge in [-0.3, -0.25) is 4.79 Å². The third-order valence-corrected chi connectivity index (χ3v) is 3.29. The number of thiol groups is 1. The largest absolute Gasteiger partial charge is 0.463 e. The molecule has 0 atom stereocenters. The number of unbranched alkanes of at least 4 members (excludes halogenated alkanes) is 3. The van der Waals surface area contributed by atoms with Crippen LogP contribution in [-0.2, 0) is 28.5 Å². The van der Waals surface area contributed by atoms with Gasteiger partial charge in [-0.2, -0.15) is 12.6 Å². The molecule has 0 saturated heterocycles. The van der Waals surface area contributed by atoms with Gasteiger partial charge >= 0.3 is 5.97 Å². The van der Waals surface area contributed by atoms with Crippen LogP contribution in [0.15, 0.2) is 0 Å². The van der Waals surface area contributed by atoms with Gasteiger partial charge in [0.25, 0.3) is 0 Å². The van der Waals surface area contributed by atoms with Crippen molar-refractivity contribution in [3.05, 3.63) is 0 Å². The second kappa shape index (κ2) is 20.7. The Labute approximate surface area is 151 Å². The van der Waals surface area contributed by atoms with Gasteiger partial charge in [-0.15, -0.1) is 0 Å². The Hall–Kier alpha value is -0.340. The van der Waals surface area contributed by atoms with E-state index in [1.807, 2.05) is 0 Å². The van der Waals surface area contributed by atoms with E-state index in [0.717, 1.165) is 13.0 Å². The van der Waals surface area contributed by atoms with Crippen LogP contribution < -0.4 is 0 Å². The molecule has 0 radical (unpaired) electrons. The molecule has 0 aromatic carbocycles. The molecule has 0 rings (SSSR count). The zero-order valence-electron chi connectivity index (χ0n) is 15.0. The summed E-state index contributed by atoms with van der Waals surface area (Å²) in [5.74, 6) is 0.257. The summed E-state index contributed by atoms with van der Waals surface area (Å²) in [4.78, 5) is 11.0. The molecule has 0 bridgehead atoms. The average molecular weight is 367 g/mol. The van der Waals surface area contributed by atoms with E-state index in [1.165, 1.54) is 19.3 Å². The second-order valence-electron chi connectivity index (χ2n) is 5.20. The van der Waals surface area contributed by atoms with Gasteiger partial charge in [-0.25, -0.2) is 0 Å². The summed E-state index contributed by atoms with van der Waals surface area (Å²) in [6.45, 7) is 6.99. The first-order valence-corrected chi connectivity index (χ1v) is 9.52. The maximum atomic E-state index is 11.0. The van der Waals surface area contributed by atoms with Gasteiger partial charge < -0.3 is 23.7 Å². The Bertz CT molecular complexity index is 265. The lowest BCUT2D eigenvalue weighted by atomic mass is 10.2. The van der Waals surface area contributed by atoms with E-state index in [1.54, 1.807) is 0 Å². The van der Waals surface area contributed by atoms with E-state index in [9.17, 15) is 4.79 Å². The van der Waals surface area contributed by atoms with Crippen molar-refractivity contribution in [1.29, 1.82) is 0 Å². The summed E-state index contributed by atoms with van der Waals surface area (Å²) >= 11 is 3.95. The Kier molecular flexibility index (Phi) is 20.4. The van der Waals surface area contributed by atoms with Gasteiger partial charge in [0.05, 0.1) is 52.7 Å². The maximum Gasteiger partial charge on any atom is 0.306 e. The van der Waals surface area contributed by atoms with Crippen molar-refractivity contribution in [3.63, 3.8) is 0 Å². The molecule has 0 unspecified atom stereocenters. The highest BCUT2D eigenvalue weighted by Crippen LogP contribution is 1.98. The molecule has 0 aliphatic heterocycles. The van der Waals surface area contributed by atoms with Crippen molar-refractivity contribution in [3.8, 4) is 0 Å². The molecular weight excluding hydrogens is 332 g/mol. The Morgan fingerprint density at radius 1 is 0.708 bits per heavy atom. The SMILES string of the molecule is CCCCCCOCCOCCOCCOCCOC(=O)CCS. The number of ether oxygens (including phenoxy) is 5. The van der Waals surface area contributed by atoms with Crippen LogP contribution in [0.5, 0.6) is 0 Å². The molecule has 0 N–H and O–H groups in total. The monoisotopic (exact) mass is 366 g/mol. The zero-order valence-corrected chi connectivity index (χ0v) is 15.9. The highest BCUT2D eigenvalue weighted by molar-refractivity contribution is 7.80. The normalized spacial score (nSPS) is 10.9. The molecule has 24 heavy (non-hydrogen) atoms. The minimum atomic E-state index is -0.244. The van der Waals surface area contributed by atoms with Crippen LogP contribution in [0.3, 0.4) is 0 Å². The third kappa shape index (κ3) is 19.7. The van der Waals surface area contributed by atoms with Gasteiger partial charge in [-0.1, -0.05) is 26.2 Å². The third-order valence-electron chi connectivity index (χ3n) is 3.06. The summed E-state index contributed by atoms with van der Waals surface area (Å²) in [6, 6.07) is 0. The van der Waals surface area contributed by atoms with E-state index < -0.39 is 0 Å². The Morgan fingerprint density at radius 3 is 1.71 bits per heavy atom. The van der Waals surface area contributed by atoms with E-state index in [-0.39, 0.29) is 12.6 Å². The topological polar surface area (TPSA) is 63.2 Å². The van der Waals surface area contributed by atoms with Gasteiger partial charge in [-0.05, 0) is 6.42 Å². The quantitative estimate of drug-likeness (QED) is 0.215. The summed E-state index contributed by atoms with van der Waals surface area (Å²) < 4.78 is 26.4. The lowest BCUT2D eigenvalue weighted by Crippen LogP contribution is -2.14. The summed E-state index contributed by atoms with van der Waals surface area (Å²) in [5, 5.41) is 0. The molecule has 0 spiro atoms. The van der Waals surface area contributed by atoms with Crippen molar-refractivity contribution in [2.75, 3.05) is 65.2 Å². The maximum absolute atomic E-state index is 11.0. The lowest BCUT2D eigenvalue weighted by Gasteiger charge is -2.08. The predicted octanol–water partition coefficient (Wildman–Crippen LogP) is 2.50. The standard InChI is InChI=1S/C17H34O6S/c1-2-3-4-5-7-19-8-9-20-10-11-21-12-13-22-14-15-23-17(18)6-16-24/h24H,2-16H2,1H3. The van der Waals surface area contributed by atoms with Crippen molar-refractivity contribution in [2.24, 2.45) is 0 Å². The van der Waals surface area contributed by atoms with Crippen molar-refractivity contribution < 1.29 is 28.5 Å². The number of hydrogen-bond acceptors (Lipinski definition) is 7. The highest BCUT2D eigenvalue weighted by atomic mass is 32.1. The van der Waals surface area contributed by atoms with Crippen LogP contribution in [0.4, 0.5) is 0 Å². The Balaban J connectivity index is 3.01. The number of esters is 1. The van der Waals surface area contributed by atoms with Crippen molar-refractivity contribution >= 4 is 18.6 Å². The van der Waals surface area contributed by atoms with Crippen molar-refractivity contribution in [1.82, 2.24) is 0 Å². The fourth-order valence-corrected chi connectivity index (χ4v) is 1.95. The number of hydrogen-bond donors (Lipinski definition) is 1. The first kappa shape index (κ1) is 23.7. The van der Waals surface area contributed by atoms with E-state index in [4.69, 9.17) is 23.7 Å². The van der Waals surface area contributed by atoms with Crippen LogP contribution in [0.1, 0.15) is 39.0 Å². The van der Waals surface area contributed by atoms with Crippen LogP contribution >= 0.6 is 12.6 Å². The molecule has 0 amide bonds. The summed E-state index contributed by atoms with van der Waals surface area (Å²) in [7, 11) is 0. The zero-order chi connectivity index (χ0) is 17.7. The van der Waals surface area contributed by atoms with E-state index in [2.05, 4.69) is 19.6 Å². The van der Waals surface area contributed by atoms with Crippen LogP contribution in [0.25, 0.3) is 0 Å². The number of rotatable bonds is 19. The fourth-order valence-electron chi connectivity index (χ4n) is 1.77. The molecule has 0 fully saturated rings. The van der Waals surface area contributed by atoms with Crippen LogP contribution in [-0.4, -0.2) is 71.2 Å². The summed E-state index contributed by atoms with van der Waals surface area (Å²) in [5.41, 5.74) is 0. The van der Waals surface area contributed by atoms with Crippen molar-refractivity contribution in [2.45, 2.75) is 39.0 Å². The lowest BCUT2D eigenvalue weighted by molar-refractivity contribution is -0.144. The Morgan fingerprint density at radius 2 is 1.21 bits per heavy atom. The molecular formula is C17H34O6S. The van der Waals surface area contributed by atoms with Gasteiger partial charge in [0, 0.05) is 12.4 Å². The predicted molar refractivity (Wildman–Crippen MR) is 96.8 cm³/mol. The minimum absolute atomic E-state index is 0.244. The molecule has 0 heterocycles.